The lowest BCUT2D eigenvalue weighted by atomic mass is 9.97. The summed E-state index contributed by atoms with van der Waals surface area (Å²) in [5.74, 6) is 1.74. The minimum absolute atomic E-state index is 0.375. The second-order valence-electron chi connectivity index (χ2n) is 7.35. The van der Waals surface area contributed by atoms with Crippen LogP contribution < -0.4 is 10.6 Å². The second-order valence-corrected chi connectivity index (χ2v) is 8.33. The van der Waals surface area contributed by atoms with Crippen molar-refractivity contribution in [2.45, 2.75) is 39.2 Å². The maximum atomic E-state index is 5.52. The fourth-order valence-electron chi connectivity index (χ4n) is 3.35. The maximum absolute atomic E-state index is 5.52. The molecule has 1 aliphatic rings. The Balaban J connectivity index is 1.86. The van der Waals surface area contributed by atoms with Gasteiger partial charge in [-0.15, -0.1) is 11.3 Å². The summed E-state index contributed by atoms with van der Waals surface area (Å²) in [7, 11) is 1.69. The van der Waals surface area contributed by atoms with Crippen LogP contribution in [0.4, 0.5) is 0 Å². The van der Waals surface area contributed by atoms with Crippen molar-refractivity contribution >= 4 is 17.3 Å². The van der Waals surface area contributed by atoms with E-state index in [0.717, 1.165) is 44.5 Å². The van der Waals surface area contributed by atoms with Crippen molar-refractivity contribution in [1.29, 1.82) is 0 Å². The standard InChI is InChI=1S/C21H38N4O2S/c1-4-22-21(23-10-6-13-27-15-14-26-3)24-17-19(20-7-5-16-28-20)25-11-8-18(2)9-12-25/h5,7,16,18-19H,4,6,8-15,17H2,1-3H3,(H2,22,23,24). The Hall–Kier alpha value is -1.15. The first kappa shape index (κ1) is 23.1. The molecule has 0 aromatic carbocycles. The van der Waals surface area contributed by atoms with Crippen LogP contribution in [0.3, 0.4) is 0 Å². The monoisotopic (exact) mass is 410 g/mol. The zero-order valence-electron chi connectivity index (χ0n) is 17.8. The average molecular weight is 411 g/mol. The number of piperidine rings is 1. The zero-order chi connectivity index (χ0) is 20.0. The van der Waals surface area contributed by atoms with Crippen molar-refractivity contribution < 1.29 is 9.47 Å². The van der Waals surface area contributed by atoms with Gasteiger partial charge < -0.3 is 20.1 Å². The van der Waals surface area contributed by atoms with E-state index in [1.165, 1.54) is 30.8 Å². The van der Waals surface area contributed by atoms with Crippen LogP contribution in [0.25, 0.3) is 0 Å². The largest absolute Gasteiger partial charge is 0.382 e. The highest BCUT2D eigenvalue weighted by molar-refractivity contribution is 7.10. The van der Waals surface area contributed by atoms with Crippen molar-refractivity contribution in [2.24, 2.45) is 10.9 Å². The third kappa shape index (κ3) is 8.47. The molecule has 1 aromatic heterocycles. The van der Waals surface area contributed by atoms with Gasteiger partial charge in [0.05, 0.1) is 25.8 Å². The van der Waals surface area contributed by atoms with E-state index in [2.05, 4.69) is 46.9 Å². The number of ether oxygens (including phenoxy) is 2. The highest BCUT2D eigenvalue weighted by Crippen LogP contribution is 2.29. The van der Waals surface area contributed by atoms with Crippen LogP contribution in [-0.4, -0.2) is 70.5 Å². The van der Waals surface area contributed by atoms with Crippen molar-refractivity contribution in [3.8, 4) is 0 Å². The van der Waals surface area contributed by atoms with Crippen LogP contribution in [-0.2, 0) is 9.47 Å². The molecule has 160 valence electrons. The smallest absolute Gasteiger partial charge is 0.191 e. The van der Waals surface area contributed by atoms with Gasteiger partial charge in [0.1, 0.15) is 0 Å². The van der Waals surface area contributed by atoms with Gasteiger partial charge in [-0.3, -0.25) is 9.89 Å². The summed E-state index contributed by atoms with van der Waals surface area (Å²) < 4.78 is 10.5. The van der Waals surface area contributed by atoms with Gasteiger partial charge in [-0.05, 0) is 56.6 Å². The number of aliphatic imine (C=N–C) groups is 1. The SMILES string of the molecule is CCNC(=NCC(c1cccs1)N1CCC(C)CC1)NCCCOCCOC. The predicted octanol–water partition coefficient (Wildman–Crippen LogP) is 3.13. The molecule has 1 atom stereocenters. The summed E-state index contributed by atoms with van der Waals surface area (Å²) in [6.45, 7) is 11.3. The molecular formula is C21H38N4O2S. The fourth-order valence-corrected chi connectivity index (χ4v) is 4.20. The molecule has 1 aliphatic heterocycles. The van der Waals surface area contributed by atoms with Crippen molar-refractivity contribution in [3.05, 3.63) is 22.4 Å². The van der Waals surface area contributed by atoms with Gasteiger partial charge in [0.15, 0.2) is 5.96 Å². The highest BCUT2D eigenvalue weighted by Gasteiger charge is 2.25. The van der Waals surface area contributed by atoms with E-state index >= 15 is 0 Å². The molecule has 0 amide bonds. The van der Waals surface area contributed by atoms with E-state index in [4.69, 9.17) is 14.5 Å². The molecule has 1 saturated heterocycles. The molecule has 0 radical (unpaired) electrons. The zero-order valence-corrected chi connectivity index (χ0v) is 18.6. The Morgan fingerprint density at radius 1 is 1.29 bits per heavy atom. The molecule has 1 fully saturated rings. The normalized spacial score (nSPS) is 17.6. The van der Waals surface area contributed by atoms with Crippen LogP contribution in [0.5, 0.6) is 0 Å². The Morgan fingerprint density at radius 2 is 2.11 bits per heavy atom. The quantitative estimate of drug-likeness (QED) is 0.315. The first-order valence-electron chi connectivity index (χ1n) is 10.6. The Morgan fingerprint density at radius 3 is 2.79 bits per heavy atom. The molecule has 0 saturated carbocycles. The Bertz CT molecular complexity index is 531. The lowest BCUT2D eigenvalue weighted by Gasteiger charge is -2.35. The number of nitrogens with one attached hydrogen (secondary N) is 2. The Kier molecular flexibility index (Phi) is 11.5. The van der Waals surface area contributed by atoms with Gasteiger partial charge in [0.25, 0.3) is 0 Å². The summed E-state index contributed by atoms with van der Waals surface area (Å²) in [6.07, 6.45) is 3.52. The van der Waals surface area contributed by atoms with Gasteiger partial charge >= 0.3 is 0 Å². The first-order valence-corrected chi connectivity index (χ1v) is 11.5. The molecule has 1 aromatic rings. The summed E-state index contributed by atoms with van der Waals surface area (Å²) in [5.41, 5.74) is 0. The maximum Gasteiger partial charge on any atom is 0.191 e. The van der Waals surface area contributed by atoms with E-state index < -0.39 is 0 Å². The molecule has 2 N–H and O–H groups in total. The summed E-state index contributed by atoms with van der Waals surface area (Å²) in [6, 6.07) is 4.78. The summed E-state index contributed by atoms with van der Waals surface area (Å²) in [4.78, 5) is 8.94. The number of nitrogens with zero attached hydrogens (tertiary/aromatic N) is 2. The van der Waals surface area contributed by atoms with Crippen molar-refractivity contribution in [3.63, 3.8) is 0 Å². The highest BCUT2D eigenvalue weighted by atomic mass is 32.1. The summed E-state index contributed by atoms with van der Waals surface area (Å²) in [5, 5.41) is 8.97. The van der Waals surface area contributed by atoms with Gasteiger partial charge in [-0.25, -0.2) is 0 Å². The number of guanidine groups is 1. The third-order valence-electron chi connectivity index (χ3n) is 5.09. The lowest BCUT2D eigenvalue weighted by Crippen LogP contribution is -2.40. The Labute approximate surface area is 174 Å². The molecule has 0 bridgehead atoms. The van der Waals surface area contributed by atoms with E-state index in [9.17, 15) is 0 Å². The number of rotatable bonds is 12. The van der Waals surface area contributed by atoms with E-state index in [1.807, 2.05) is 11.3 Å². The topological polar surface area (TPSA) is 58.1 Å². The molecule has 0 spiro atoms. The minimum atomic E-state index is 0.375. The molecule has 2 rings (SSSR count). The lowest BCUT2D eigenvalue weighted by molar-refractivity contribution is 0.0698. The first-order chi connectivity index (χ1) is 13.7. The number of methoxy groups -OCH3 is 1. The van der Waals surface area contributed by atoms with Crippen molar-refractivity contribution in [1.82, 2.24) is 15.5 Å². The number of hydrogen-bond donors (Lipinski definition) is 2. The molecule has 6 nitrogen and oxygen atoms in total. The van der Waals surface area contributed by atoms with Gasteiger partial charge in [-0.1, -0.05) is 13.0 Å². The van der Waals surface area contributed by atoms with Gasteiger partial charge in [-0.2, -0.15) is 0 Å². The van der Waals surface area contributed by atoms with Gasteiger partial charge in [0, 0.05) is 31.7 Å². The van der Waals surface area contributed by atoms with E-state index in [-0.39, 0.29) is 0 Å². The van der Waals surface area contributed by atoms with Crippen LogP contribution in [0, 0.1) is 5.92 Å². The average Bonchev–Trinajstić information content (AvgIpc) is 3.23. The molecular weight excluding hydrogens is 372 g/mol. The van der Waals surface area contributed by atoms with E-state index in [0.29, 0.717) is 19.3 Å². The fraction of sp³-hybridized carbons (Fsp3) is 0.762. The van der Waals surface area contributed by atoms with Gasteiger partial charge in [0.2, 0.25) is 0 Å². The number of thiophene rings is 1. The molecule has 7 heteroatoms. The van der Waals surface area contributed by atoms with Crippen LogP contribution in [0.2, 0.25) is 0 Å². The summed E-state index contributed by atoms with van der Waals surface area (Å²) >= 11 is 1.84. The third-order valence-corrected chi connectivity index (χ3v) is 6.06. The van der Waals surface area contributed by atoms with Crippen molar-refractivity contribution in [2.75, 3.05) is 59.7 Å². The predicted molar refractivity (Wildman–Crippen MR) is 118 cm³/mol. The van der Waals surface area contributed by atoms with Crippen LogP contribution in [0.15, 0.2) is 22.5 Å². The molecule has 0 aliphatic carbocycles. The number of likely N-dealkylation sites (tertiary alicyclic amines) is 1. The van der Waals surface area contributed by atoms with E-state index in [1.54, 1.807) is 7.11 Å². The number of hydrogen-bond acceptors (Lipinski definition) is 5. The molecule has 1 unspecified atom stereocenters. The van der Waals surface area contributed by atoms with Crippen LogP contribution >= 0.6 is 11.3 Å². The minimum Gasteiger partial charge on any atom is -0.382 e. The second kappa shape index (κ2) is 13.9. The molecule has 28 heavy (non-hydrogen) atoms. The van der Waals surface area contributed by atoms with Crippen LogP contribution in [0.1, 0.15) is 44.0 Å². The molecule has 2 heterocycles.